The Morgan fingerprint density at radius 3 is 1.04 bits per heavy atom. The van der Waals surface area contributed by atoms with E-state index in [1.807, 2.05) is 36.7 Å². The highest BCUT2D eigenvalue weighted by atomic mass is 16.4. The van der Waals surface area contributed by atoms with E-state index >= 15 is 0 Å². The van der Waals surface area contributed by atoms with Gasteiger partial charge in [-0.1, -0.05) is 72.8 Å². The summed E-state index contributed by atoms with van der Waals surface area (Å²) in [6.45, 7) is 1.69. The first-order valence-corrected chi connectivity index (χ1v) is 21.6. The first-order valence-electron chi connectivity index (χ1n) is 21.6. The van der Waals surface area contributed by atoms with E-state index in [9.17, 15) is 28.8 Å². The molecule has 0 aliphatic carbocycles. The summed E-state index contributed by atoms with van der Waals surface area (Å²) in [5, 5.41) is 58.9. The standard InChI is InChI=1S/2C20H19N3.3C4H4O4/c2*1-3-13-21-16(9-1)10-2-4-14-22-20-17-11-5-7-15-8-6-12-18(23-20)19(15)17;3*5-3(6)1-2-4(7)8/h2*1,3,5-9,11-13H,2,4,10,14H2,(H,22,23);3*1-2H,(H,5,6)(H,7,8)/b;;3*2-1+. The molecule has 0 atom stereocenters. The van der Waals surface area contributed by atoms with Gasteiger partial charge in [-0.25, -0.2) is 28.8 Å². The number of aliphatic imine (C=N–C) groups is 2. The maximum Gasteiger partial charge on any atom is 0.328 e. The first-order chi connectivity index (χ1) is 33.7. The number of carboxylic acids is 6. The monoisotopic (exact) mass is 950 g/mol. The summed E-state index contributed by atoms with van der Waals surface area (Å²) >= 11 is 0. The molecule has 0 saturated heterocycles. The summed E-state index contributed by atoms with van der Waals surface area (Å²) in [7, 11) is 0. The second kappa shape index (κ2) is 28.7. The number of nitrogens with one attached hydrogen (secondary N) is 2. The molecular formula is C52H50N6O12. The lowest BCUT2D eigenvalue weighted by atomic mass is 10.1. The number of unbranched alkanes of at least 4 members (excludes halogenated alkanes) is 2. The Hall–Kier alpha value is -9.32. The maximum absolute atomic E-state index is 9.55. The van der Waals surface area contributed by atoms with Crippen LogP contribution in [0.2, 0.25) is 0 Å². The summed E-state index contributed by atoms with van der Waals surface area (Å²) in [5.41, 5.74) is 7.12. The summed E-state index contributed by atoms with van der Waals surface area (Å²) in [6, 6.07) is 37.7. The number of amidine groups is 2. The van der Waals surface area contributed by atoms with Crippen molar-refractivity contribution in [1.82, 2.24) is 9.97 Å². The predicted molar refractivity (Wildman–Crippen MR) is 266 cm³/mol. The molecule has 8 N–H and O–H groups in total. The third kappa shape index (κ3) is 18.9. The molecular weight excluding hydrogens is 901 g/mol. The number of aryl methyl sites for hydroxylation is 2. The van der Waals surface area contributed by atoms with Crippen molar-refractivity contribution < 1.29 is 59.4 Å². The normalized spacial score (nSPS) is 12.7. The molecule has 0 spiro atoms. The van der Waals surface area contributed by atoms with Gasteiger partial charge in [0.2, 0.25) is 0 Å². The van der Waals surface area contributed by atoms with Gasteiger partial charge in [-0.2, -0.15) is 0 Å². The lowest BCUT2D eigenvalue weighted by Crippen LogP contribution is -2.08. The van der Waals surface area contributed by atoms with Crippen LogP contribution in [0.4, 0.5) is 11.4 Å². The molecule has 4 heterocycles. The Labute approximate surface area is 401 Å². The second-order valence-electron chi connectivity index (χ2n) is 14.7. The van der Waals surface area contributed by atoms with Gasteiger partial charge in [0, 0.05) is 107 Å². The van der Waals surface area contributed by atoms with E-state index in [0.29, 0.717) is 36.5 Å². The van der Waals surface area contributed by atoms with Crippen molar-refractivity contribution in [1.29, 1.82) is 0 Å². The number of nitrogens with zero attached hydrogens (tertiary/aromatic N) is 4. The largest absolute Gasteiger partial charge is 0.478 e. The van der Waals surface area contributed by atoms with Crippen LogP contribution in [0.25, 0.3) is 21.5 Å². The Bertz CT molecular complexity index is 2630. The number of rotatable bonds is 16. The molecule has 0 fully saturated rings. The van der Waals surface area contributed by atoms with Gasteiger partial charge in [-0.05, 0) is 85.7 Å². The van der Waals surface area contributed by atoms with Crippen molar-refractivity contribution in [2.24, 2.45) is 9.98 Å². The number of hydrogen-bond donors (Lipinski definition) is 8. The zero-order valence-electron chi connectivity index (χ0n) is 37.6. The molecule has 2 aliphatic rings. The van der Waals surface area contributed by atoms with Crippen LogP contribution in [-0.4, -0.2) is 101 Å². The van der Waals surface area contributed by atoms with Gasteiger partial charge < -0.3 is 41.3 Å². The molecule has 70 heavy (non-hydrogen) atoms. The number of anilines is 2. The molecule has 2 aromatic heterocycles. The third-order valence-electron chi connectivity index (χ3n) is 9.61. The molecule has 0 amide bonds. The highest BCUT2D eigenvalue weighted by molar-refractivity contribution is 6.26. The molecule has 4 aromatic carbocycles. The Balaban J connectivity index is 0.000000211. The molecule has 0 bridgehead atoms. The van der Waals surface area contributed by atoms with E-state index in [1.54, 1.807) is 0 Å². The second-order valence-corrected chi connectivity index (χ2v) is 14.7. The highest BCUT2D eigenvalue weighted by Gasteiger charge is 2.19. The molecule has 360 valence electrons. The quantitative estimate of drug-likeness (QED) is 0.0337. The van der Waals surface area contributed by atoms with E-state index in [0.717, 1.165) is 74.7 Å². The van der Waals surface area contributed by atoms with Crippen molar-refractivity contribution >= 4 is 80.4 Å². The minimum atomic E-state index is -1.26. The van der Waals surface area contributed by atoms with Gasteiger partial charge in [0.05, 0.1) is 0 Å². The maximum atomic E-state index is 9.55. The lowest BCUT2D eigenvalue weighted by Gasteiger charge is -2.02. The minimum absolute atomic E-state index is 0.558. The molecule has 0 saturated carbocycles. The Morgan fingerprint density at radius 2 is 0.743 bits per heavy atom. The number of benzene rings is 4. The fraction of sp³-hybridized carbons (Fsp3) is 0.154. The van der Waals surface area contributed by atoms with Crippen molar-refractivity contribution in [3.05, 3.63) is 181 Å². The predicted octanol–water partition coefficient (Wildman–Crippen LogP) is 8.00. The fourth-order valence-corrected chi connectivity index (χ4v) is 6.66. The number of aliphatic carboxylic acids is 6. The van der Waals surface area contributed by atoms with Crippen LogP contribution in [0.15, 0.2) is 168 Å². The molecule has 2 aliphatic heterocycles. The lowest BCUT2D eigenvalue weighted by molar-refractivity contribution is -0.134. The summed E-state index contributed by atoms with van der Waals surface area (Å²) in [6.07, 6.45) is 13.5. The van der Waals surface area contributed by atoms with Crippen LogP contribution in [0.3, 0.4) is 0 Å². The van der Waals surface area contributed by atoms with Crippen LogP contribution in [0, 0.1) is 0 Å². The van der Waals surface area contributed by atoms with Gasteiger partial charge in [-0.15, -0.1) is 0 Å². The SMILES string of the molecule is O=C(O)/C=C/C(=O)O.O=C(O)/C=C/C(=O)O.O=C(O)/C=C/C(=O)O.c1ccc(CCCCN=C2Nc3cccc4cccc2c34)nc1.c1ccc(CCCCN=C2Nc3cccc4cccc2c34)nc1. The van der Waals surface area contributed by atoms with Gasteiger partial charge in [0.1, 0.15) is 11.7 Å². The first kappa shape index (κ1) is 53.3. The number of carboxylic acid groups (broad SMARTS) is 6. The van der Waals surface area contributed by atoms with Crippen molar-refractivity contribution in [3.63, 3.8) is 0 Å². The molecule has 0 radical (unpaired) electrons. The zero-order chi connectivity index (χ0) is 50.7. The minimum Gasteiger partial charge on any atom is -0.478 e. The van der Waals surface area contributed by atoms with E-state index in [-0.39, 0.29) is 0 Å². The smallest absolute Gasteiger partial charge is 0.328 e. The highest BCUT2D eigenvalue weighted by Crippen LogP contribution is 2.34. The van der Waals surface area contributed by atoms with Gasteiger partial charge in [0.25, 0.3) is 0 Å². The summed E-state index contributed by atoms with van der Waals surface area (Å²) in [5.74, 6) is -5.52. The summed E-state index contributed by atoms with van der Waals surface area (Å²) < 4.78 is 0. The van der Waals surface area contributed by atoms with E-state index in [4.69, 9.17) is 40.6 Å². The number of pyridine rings is 2. The van der Waals surface area contributed by atoms with E-state index < -0.39 is 35.8 Å². The number of carbonyl (C=O) groups is 6. The van der Waals surface area contributed by atoms with Gasteiger partial charge >= 0.3 is 35.8 Å². The van der Waals surface area contributed by atoms with Gasteiger partial charge in [-0.3, -0.25) is 20.0 Å². The van der Waals surface area contributed by atoms with Crippen LogP contribution in [0.5, 0.6) is 0 Å². The van der Waals surface area contributed by atoms with Crippen molar-refractivity contribution in [2.45, 2.75) is 38.5 Å². The Morgan fingerprint density at radius 1 is 0.414 bits per heavy atom. The molecule has 8 rings (SSSR count). The Kier molecular flexibility index (Phi) is 21.8. The van der Waals surface area contributed by atoms with Crippen LogP contribution in [-0.2, 0) is 41.6 Å². The average Bonchev–Trinajstić information content (AvgIpc) is 3.90. The third-order valence-corrected chi connectivity index (χ3v) is 9.61. The molecule has 0 unspecified atom stereocenters. The summed E-state index contributed by atoms with van der Waals surface area (Å²) in [4.78, 5) is 75.6. The zero-order valence-corrected chi connectivity index (χ0v) is 37.6. The van der Waals surface area contributed by atoms with Crippen LogP contribution in [0.1, 0.15) is 48.2 Å². The molecule has 6 aromatic rings. The molecule has 18 nitrogen and oxygen atoms in total. The van der Waals surface area contributed by atoms with Gasteiger partial charge in [0.15, 0.2) is 0 Å². The number of hydrogen-bond acceptors (Lipinski definition) is 10. The van der Waals surface area contributed by atoms with Crippen LogP contribution < -0.4 is 10.6 Å². The van der Waals surface area contributed by atoms with Crippen molar-refractivity contribution in [2.75, 3.05) is 23.7 Å². The number of aromatic nitrogens is 2. The van der Waals surface area contributed by atoms with E-state index in [2.05, 4.69) is 106 Å². The van der Waals surface area contributed by atoms with Crippen LogP contribution >= 0.6 is 0 Å². The van der Waals surface area contributed by atoms with E-state index in [1.165, 1.54) is 44.0 Å². The molecule has 18 heteroatoms. The topological polar surface area (TPSA) is 298 Å². The average molecular weight is 951 g/mol. The van der Waals surface area contributed by atoms with Crippen molar-refractivity contribution in [3.8, 4) is 0 Å². The fourth-order valence-electron chi connectivity index (χ4n) is 6.66.